The van der Waals surface area contributed by atoms with Crippen LogP contribution in [0.5, 0.6) is 0 Å². The molecule has 1 aromatic heterocycles. The molecular weight excluding hydrogens is 367 g/mol. The van der Waals surface area contributed by atoms with Crippen LogP contribution in [-0.2, 0) is 11.2 Å². The van der Waals surface area contributed by atoms with Crippen molar-refractivity contribution in [3.05, 3.63) is 82.1 Å². The third kappa shape index (κ3) is 3.55. The number of ketones is 1. The Labute approximate surface area is 161 Å². The molecule has 1 aliphatic heterocycles. The number of carbonyl (C=O) groups is 1. The van der Waals surface area contributed by atoms with Gasteiger partial charge in [-0.3, -0.25) is 9.79 Å². The van der Waals surface area contributed by atoms with E-state index >= 15 is 0 Å². The average molecular weight is 381 g/mol. The van der Waals surface area contributed by atoms with E-state index in [1.54, 1.807) is 12.3 Å². The lowest BCUT2D eigenvalue weighted by Gasteiger charge is -2.07. The zero-order valence-corrected chi connectivity index (χ0v) is 15.3. The first-order valence-electron chi connectivity index (χ1n) is 8.18. The van der Waals surface area contributed by atoms with E-state index in [1.807, 2.05) is 48.5 Å². The number of halogens is 2. The number of Topliss-reactive ketones (excluding diaryl/α,β-unsaturated/α-hetero) is 1. The minimum absolute atomic E-state index is 0.128. The third-order valence-corrected chi connectivity index (χ3v) is 4.78. The molecule has 2 heterocycles. The minimum atomic E-state index is 0.128. The largest absolute Gasteiger partial charge is 0.299 e. The van der Waals surface area contributed by atoms with Crippen molar-refractivity contribution >= 4 is 40.4 Å². The number of rotatable bonds is 2. The van der Waals surface area contributed by atoms with Crippen molar-refractivity contribution in [2.45, 2.75) is 12.8 Å². The number of aliphatic imine (C=N–C) groups is 1. The molecule has 0 saturated carbocycles. The zero-order chi connectivity index (χ0) is 18.1. The van der Waals surface area contributed by atoms with Crippen LogP contribution in [0.25, 0.3) is 11.1 Å². The van der Waals surface area contributed by atoms with E-state index < -0.39 is 0 Å². The summed E-state index contributed by atoms with van der Waals surface area (Å²) in [5.74, 6) is 0.128. The van der Waals surface area contributed by atoms with Crippen LogP contribution in [-0.4, -0.2) is 16.5 Å². The molecule has 2 aromatic carbocycles. The lowest BCUT2D eigenvalue weighted by Crippen LogP contribution is -2.09. The van der Waals surface area contributed by atoms with Crippen molar-refractivity contribution in [2.24, 2.45) is 4.99 Å². The lowest BCUT2D eigenvalue weighted by atomic mass is 9.98. The maximum atomic E-state index is 12.5. The molecule has 0 bridgehead atoms. The summed E-state index contributed by atoms with van der Waals surface area (Å²) in [5.41, 5.74) is 5.39. The Bertz CT molecular complexity index is 1030. The molecule has 3 nitrogen and oxygen atoms in total. The van der Waals surface area contributed by atoms with Crippen molar-refractivity contribution in [3.8, 4) is 11.1 Å². The van der Waals surface area contributed by atoms with Gasteiger partial charge in [0.15, 0.2) is 0 Å². The van der Waals surface area contributed by atoms with Gasteiger partial charge in [-0.15, -0.1) is 0 Å². The molecule has 26 heavy (non-hydrogen) atoms. The summed E-state index contributed by atoms with van der Waals surface area (Å²) in [6, 6.07) is 17.2. The first-order chi connectivity index (χ1) is 12.6. The van der Waals surface area contributed by atoms with E-state index in [1.165, 1.54) is 0 Å². The Hall–Kier alpha value is -2.49. The molecule has 0 amide bonds. The van der Waals surface area contributed by atoms with Gasteiger partial charge in [0.1, 0.15) is 10.9 Å². The van der Waals surface area contributed by atoms with Crippen LogP contribution in [0.15, 0.2) is 65.8 Å². The quantitative estimate of drug-likeness (QED) is 0.535. The topological polar surface area (TPSA) is 42.3 Å². The number of aromatic nitrogens is 1. The van der Waals surface area contributed by atoms with E-state index in [4.69, 9.17) is 28.2 Å². The van der Waals surface area contributed by atoms with Gasteiger partial charge in [-0.1, -0.05) is 41.4 Å². The predicted octanol–water partition coefficient (Wildman–Crippen LogP) is 5.69. The highest BCUT2D eigenvalue weighted by Crippen LogP contribution is 2.31. The molecule has 5 heteroatoms. The molecule has 0 spiro atoms. The fourth-order valence-electron chi connectivity index (χ4n) is 3.05. The molecule has 3 aromatic rings. The summed E-state index contributed by atoms with van der Waals surface area (Å²) < 4.78 is 0. The lowest BCUT2D eigenvalue weighted by molar-refractivity contribution is -0.117. The van der Waals surface area contributed by atoms with E-state index in [0.29, 0.717) is 16.6 Å². The van der Waals surface area contributed by atoms with Gasteiger partial charge in [0.2, 0.25) is 0 Å². The highest BCUT2D eigenvalue weighted by Gasteiger charge is 2.18. The summed E-state index contributed by atoms with van der Waals surface area (Å²) in [6.07, 6.45) is 2.27. The Balaban J connectivity index is 1.77. The fraction of sp³-hybridized carbons (Fsp3) is 0.0952. The second-order valence-corrected chi connectivity index (χ2v) is 6.99. The maximum absolute atomic E-state index is 12.5. The molecule has 128 valence electrons. The van der Waals surface area contributed by atoms with E-state index in [9.17, 15) is 4.79 Å². The highest BCUT2D eigenvalue weighted by atomic mass is 35.5. The second-order valence-electron chi connectivity index (χ2n) is 6.17. The first kappa shape index (κ1) is 17.0. The van der Waals surface area contributed by atoms with Gasteiger partial charge in [0.05, 0.1) is 11.4 Å². The first-order valence-corrected chi connectivity index (χ1v) is 8.94. The van der Waals surface area contributed by atoms with Crippen molar-refractivity contribution in [2.75, 3.05) is 0 Å². The van der Waals surface area contributed by atoms with E-state index in [2.05, 4.69) is 4.98 Å². The van der Waals surface area contributed by atoms with Gasteiger partial charge in [-0.05, 0) is 53.1 Å². The molecule has 4 rings (SSSR count). The molecule has 0 radical (unpaired) electrons. The van der Waals surface area contributed by atoms with E-state index in [-0.39, 0.29) is 12.2 Å². The normalized spacial score (nSPS) is 13.8. The van der Waals surface area contributed by atoms with Gasteiger partial charge >= 0.3 is 0 Å². The van der Waals surface area contributed by atoms with Gasteiger partial charge in [-0.2, -0.15) is 0 Å². The molecule has 0 aliphatic carbocycles. The van der Waals surface area contributed by atoms with Crippen LogP contribution in [0.3, 0.4) is 0 Å². The summed E-state index contributed by atoms with van der Waals surface area (Å²) in [6.45, 7) is 0. The molecular formula is C21H14Cl2N2O. The fourth-order valence-corrected chi connectivity index (χ4v) is 3.35. The highest BCUT2D eigenvalue weighted by molar-refractivity contribution is 6.30. The summed E-state index contributed by atoms with van der Waals surface area (Å²) >= 11 is 11.9. The number of benzene rings is 2. The van der Waals surface area contributed by atoms with Crippen LogP contribution in [0.1, 0.15) is 17.5 Å². The number of carbonyl (C=O) groups excluding carboxylic acids is 1. The molecule has 0 saturated heterocycles. The number of hydrogen-bond acceptors (Lipinski definition) is 3. The smallest absolute Gasteiger partial charge is 0.143 e. The molecule has 0 fully saturated rings. The van der Waals surface area contributed by atoms with Crippen molar-refractivity contribution in [3.63, 3.8) is 0 Å². The molecule has 1 aliphatic rings. The van der Waals surface area contributed by atoms with Crippen molar-refractivity contribution in [1.29, 1.82) is 0 Å². The number of hydrogen-bond donors (Lipinski definition) is 0. The number of fused-ring (bicyclic) bond motifs is 1. The Morgan fingerprint density at radius 3 is 2.35 bits per heavy atom. The van der Waals surface area contributed by atoms with Crippen molar-refractivity contribution in [1.82, 2.24) is 4.98 Å². The minimum Gasteiger partial charge on any atom is -0.299 e. The van der Waals surface area contributed by atoms with Crippen LogP contribution in [0.2, 0.25) is 10.2 Å². The standard InChI is InChI=1S/C21H14Cl2N2O/c22-17-4-1-13(2-5-17)14-3-6-19-16(9-14)10-18(26)12-20(25-19)15-7-8-24-21(23)11-15/h1-9,11H,10,12H2. The average Bonchev–Trinajstić information content (AvgIpc) is 2.79. The number of nitrogens with zero attached hydrogens (tertiary/aromatic N) is 2. The SMILES string of the molecule is O=C1CC(c2ccnc(Cl)c2)=Nc2ccc(-c3ccc(Cl)cc3)cc2C1. The van der Waals surface area contributed by atoms with E-state index in [0.717, 1.165) is 33.7 Å². The Kier molecular flexibility index (Phi) is 4.58. The predicted molar refractivity (Wildman–Crippen MR) is 106 cm³/mol. The summed E-state index contributed by atoms with van der Waals surface area (Å²) in [4.78, 5) is 21.2. The molecule has 0 N–H and O–H groups in total. The summed E-state index contributed by atoms with van der Waals surface area (Å²) in [7, 11) is 0. The van der Waals surface area contributed by atoms with Gasteiger partial charge in [0, 0.05) is 29.6 Å². The molecule has 0 atom stereocenters. The molecule has 0 unspecified atom stereocenters. The van der Waals surface area contributed by atoms with Crippen molar-refractivity contribution < 1.29 is 4.79 Å². The zero-order valence-electron chi connectivity index (χ0n) is 13.7. The van der Waals surface area contributed by atoms with Crippen LogP contribution in [0, 0.1) is 0 Å². The monoisotopic (exact) mass is 380 g/mol. The Morgan fingerprint density at radius 2 is 1.58 bits per heavy atom. The maximum Gasteiger partial charge on any atom is 0.143 e. The van der Waals surface area contributed by atoms with Crippen LogP contribution < -0.4 is 0 Å². The number of pyridine rings is 1. The van der Waals surface area contributed by atoms with Crippen LogP contribution >= 0.6 is 23.2 Å². The van der Waals surface area contributed by atoms with Gasteiger partial charge in [0.25, 0.3) is 0 Å². The third-order valence-electron chi connectivity index (χ3n) is 4.32. The Morgan fingerprint density at radius 1 is 0.808 bits per heavy atom. The summed E-state index contributed by atoms with van der Waals surface area (Å²) in [5, 5.41) is 1.09. The van der Waals surface area contributed by atoms with Gasteiger partial charge in [-0.25, -0.2) is 4.98 Å². The second kappa shape index (κ2) is 7.02. The van der Waals surface area contributed by atoms with Crippen LogP contribution in [0.4, 0.5) is 5.69 Å². The van der Waals surface area contributed by atoms with Gasteiger partial charge < -0.3 is 0 Å².